The minimum absolute atomic E-state index is 0.288. The van der Waals surface area contributed by atoms with Crippen LogP contribution < -0.4 is 0 Å². The molecule has 0 aliphatic carbocycles. The molecule has 1 heterocycles. The fraction of sp³-hybridized carbons (Fsp3) is 0.538. The second-order valence-corrected chi connectivity index (χ2v) is 4.14. The van der Waals surface area contributed by atoms with E-state index in [9.17, 15) is 5.11 Å². The summed E-state index contributed by atoms with van der Waals surface area (Å²) in [4.78, 5) is 0. The summed E-state index contributed by atoms with van der Waals surface area (Å²) in [5.41, 5.74) is 1.11. The van der Waals surface area contributed by atoms with Crippen molar-refractivity contribution >= 4 is 0 Å². The average molecular weight is 238 g/mol. The molecule has 0 bridgehead atoms. The third-order valence-electron chi connectivity index (χ3n) is 2.85. The van der Waals surface area contributed by atoms with Crippen LogP contribution in [0.2, 0.25) is 0 Å². The van der Waals surface area contributed by atoms with E-state index in [1.807, 2.05) is 30.3 Å². The van der Waals surface area contributed by atoms with E-state index in [4.69, 9.17) is 14.2 Å². The highest BCUT2D eigenvalue weighted by molar-refractivity contribution is 5.13. The Morgan fingerprint density at radius 1 is 1.35 bits per heavy atom. The third-order valence-corrected chi connectivity index (χ3v) is 2.85. The van der Waals surface area contributed by atoms with E-state index >= 15 is 0 Å². The highest BCUT2D eigenvalue weighted by atomic mass is 16.7. The lowest BCUT2D eigenvalue weighted by molar-refractivity contribution is -0.134. The van der Waals surface area contributed by atoms with Crippen LogP contribution in [-0.2, 0) is 20.8 Å². The first-order chi connectivity index (χ1) is 8.29. The largest absolute Gasteiger partial charge is 0.390 e. The summed E-state index contributed by atoms with van der Waals surface area (Å²) in [6.07, 6.45) is -0.592. The van der Waals surface area contributed by atoms with Gasteiger partial charge in [0.15, 0.2) is 6.29 Å². The van der Waals surface area contributed by atoms with Crippen LogP contribution in [0.15, 0.2) is 30.3 Å². The Labute approximate surface area is 101 Å². The molecule has 0 saturated carbocycles. The Balaban J connectivity index is 1.72. The third kappa shape index (κ3) is 3.51. The van der Waals surface area contributed by atoms with Crippen LogP contribution in [0, 0.1) is 0 Å². The fourth-order valence-electron chi connectivity index (χ4n) is 1.86. The Kier molecular flexibility index (Phi) is 4.50. The summed E-state index contributed by atoms with van der Waals surface area (Å²) in [7, 11) is 1.57. The molecule has 1 aromatic carbocycles. The van der Waals surface area contributed by atoms with Gasteiger partial charge in [0.25, 0.3) is 0 Å². The number of benzene rings is 1. The molecule has 1 fully saturated rings. The highest BCUT2D eigenvalue weighted by Gasteiger charge is 2.33. The lowest BCUT2D eigenvalue weighted by Crippen LogP contribution is -2.26. The molecule has 1 aliphatic heterocycles. The average Bonchev–Trinajstić information content (AvgIpc) is 2.72. The molecule has 17 heavy (non-hydrogen) atoms. The molecule has 0 amide bonds. The van der Waals surface area contributed by atoms with Gasteiger partial charge in [0.1, 0.15) is 6.10 Å². The molecule has 0 radical (unpaired) electrons. The zero-order valence-corrected chi connectivity index (χ0v) is 9.91. The van der Waals surface area contributed by atoms with Gasteiger partial charge in [-0.15, -0.1) is 0 Å². The first kappa shape index (κ1) is 12.5. The first-order valence-electron chi connectivity index (χ1n) is 5.77. The van der Waals surface area contributed by atoms with Crippen molar-refractivity contribution in [3.05, 3.63) is 35.9 Å². The lowest BCUT2D eigenvalue weighted by Gasteiger charge is -2.14. The molecule has 0 aromatic heterocycles. The van der Waals surface area contributed by atoms with Crippen molar-refractivity contribution in [2.45, 2.75) is 31.5 Å². The molecule has 1 aromatic rings. The van der Waals surface area contributed by atoms with Crippen molar-refractivity contribution in [2.24, 2.45) is 0 Å². The van der Waals surface area contributed by atoms with Crippen LogP contribution in [0.25, 0.3) is 0 Å². The summed E-state index contributed by atoms with van der Waals surface area (Å²) in [5.74, 6) is 0. The molecular formula is C13H18O4. The number of aliphatic hydroxyl groups is 1. The summed E-state index contributed by atoms with van der Waals surface area (Å²) < 4.78 is 16.0. The summed E-state index contributed by atoms with van der Waals surface area (Å²) in [5, 5.41) is 9.70. The zero-order chi connectivity index (χ0) is 12.1. The monoisotopic (exact) mass is 238 g/mol. The van der Waals surface area contributed by atoms with Gasteiger partial charge in [-0.05, 0) is 5.56 Å². The highest BCUT2D eigenvalue weighted by Crippen LogP contribution is 2.21. The number of methoxy groups -OCH3 is 1. The first-order valence-corrected chi connectivity index (χ1v) is 5.77. The molecule has 1 aliphatic rings. The van der Waals surface area contributed by atoms with Crippen LogP contribution in [-0.4, -0.2) is 37.3 Å². The minimum atomic E-state index is -0.504. The van der Waals surface area contributed by atoms with E-state index in [-0.39, 0.29) is 12.4 Å². The van der Waals surface area contributed by atoms with Crippen LogP contribution in [0.4, 0.5) is 0 Å². The van der Waals surface area contributed by atoms with Gasteiger partial charge in [0, 0.05) is 13.5 Å². The van der Waals surface area contributed by atoms with Gasteiger partial charge in [0.2, 0.25) is 0 Å². The standard InChI is InChI=1S/C13H18O4/c1-15-13-7-11(14)12(17-13)9-16-8-10-5-3-2-4-6-10/h2-6,11-14H,7-9H2,1H3/t11-,12+,13+/m0/s1. The normalized spacial score (nSPS) is 28.5. The van der Waals surface area contributed by atoms with E-state index < -0.39 is 6.10 Å². The van der Waals surface area contributed by atoms with Crippen molar-refractivity contribution in [2.75, 3.05) is 13.7 Å². The van der Waals surface area contributed by atoms with Gasteiger partial charge in [-0.3, -0.25) is 0 Å². The SMILES string of the molecule is CO[C@H]1C[C@H](O)[C@@H](COCc2ccccc2)O1. The van der Waals surface area contributed by atoms with E-state index in [2.05, 4.69) is 0 Å². The molecule has 3 atom stereocenters. The quantitative estimate of drug-likeness (QED) is 0.840. The minimum Gasteiger partial charge on any atom is -0.390 e. The molecule has 1 saturated heterocycles. The van der Waals surface area contributed by atoms with E-state index in [0.717, 1.165) is 5.56 Å². The molecule has 0 spiro atoms. The molecule has 4 heteroatoms. The maximum atomic E-state index is 9.70. The number of aliphatic hydroxyl groups excluding tert-OH is 1. The van der Waals surface area contributed by atoms with E-state index in [0.29, 0.717) is 19.6 Å². The summed E-state index contributed by atoms with van der Waals surface area (Å²) in [6, 6.07) is 9.92. The maximum Gasteiger partial charge on any atom is 0.160 e. The molecule has 1 N–H and O–H groups in total. The Morgan fingerprint density at radius 3 is 2.76 bits per heavy atom. The van der Waals surface area contributed by atoms with E-state index in [1.165, 1.54) is 0 Å². The Bertz CT molecular complexity index is 327. The molecule has 2 rings (SSSR count). The number of hydrogen-bond acceptors (Lipinski definition) is 4. The van der Waals surface area contributed by atoms with Crippen molar-refractivity contribution in [3.63, 3.8) is 0 Å². The maximum absolute atomic E-state index is 9.70. The van der Waals surface area contributed by atoms with Gasteiger partial charge in [-0.25, -0.2) is 0 Å². The van der Waals surface area contributed by atoms with Crippen molar-refractivity contribution in [1.29, 1.82) is 0 Å². The summed E-state index contributed by atoms with van der Waals surface area (Å²) >= 11 is 0. The van der Waals surface area contributed by atoms with Crippen LogP contribution >= 0.6 is 0 Å². The number of rotatable bonds is 5. The molecule has 0 unspecified atom stereocenters. The topological polar surface area (TPSA) is 47.9 Å². The van der Waals surface area contributed by atoms with Gasteiger partial charge in [-0.1, -0.05) is 30.3 Å². The predicted octanol–water partition coefficient (Wildman–Crippen LogP) is 1.33. The van der Waals surface area contributed by atoms with Gasteiger partial charge in [0.05, 0.1) is 19.3 Å². The zero-order valence-electron chi connectivity index (χ0n) is 9.91. The van der Waals surface area contributed by atoms with Gasteiger partial charge in [-0.2, -0.15) is 0 Å². The molecule has 94 valence electrons. The second kappa shape index (κ2) is 6.12. The van der Waals surface area contributed by atoms with Gasteiger partial charge < -0.3 is 19.3 Å². The van der Waals surface area contributed by atoms with Gasteiger partial charge >= 0.3 is 0 Å². The second-order valence-electron chi connectivity index (χ2n) is 4.14. The van der Waals surface area contributed by atoms with Crippen molar-refractivity contribution in [1.82, 2.24) is 0 Å². The predicted molar refractivity (Wildman–Crippen MR) is 62.4 cm³/mol. The number of hydrogen-bond donors (Lipinski definition) is 1. The fourth-order valence-corrected chi connectivity index (χ4v) is 1.86. The van der Waals surface area contributed by atoms with Crippen LogP contribution in [0.1, 0.15) is 12.0 Å². The lowest BCUT2D eigenvalue weighted by atomic mass is 10.2. The smallest absolute Gasteiger partial charge is 0.160 e. The Hall–Kier alpha value is -0.940. The van der Waals surface area contributed by atoms with Crippen molar-refractivity contribution in [3.8, 4) is 0 Å². The van der Waals surface area contributed by atoms with Crippen LogP contribution in [0.3, 0.4) is 0 Å². The molecular weight excluding hydrogens is 220 g/mol. The van der Waals surface area contributed by atoms with Crippen LogP contribution in [0.5, 0.6) is 0 Å². The Morgan fingerprint density at radius 2 is 2.12 bits per heavy atom. The molecule has 4 nitrogen and oxygen atoms in total. The van der Waals surface area contributed by atoms with Crippen molar-refractivity contribution < 1.29 is 19.3 Å². The number of ether oxygens (including phenoxy) is 3. The summed E-state index contributed by atoms with van der Waals surface area (Å²) in [6.45, 7) is 0.918. The van der Waals surface area contributed by atoms with E-state index in [1.54, 1.807) is 7.11 Å².